The van der Waals surface area contributed by atoms with Gasteiger partial charge in [-0.05, 0) is 6.07 Å². The van der Waals surface area contributed by atoms with E-state index in [1.165, 1.54) is 0 Å². The summed E-state index contributed by atoms with van der Waals surface area (Å²) in [5, 5.41) is 3.44. The number of halogens is 17. The van der Waals surface area contributed by atoms with Crippen molar-refractivity contribution in [3.8, 4) is 5.75 Å². The van der Waals surface area contributed by atoms with E-state index in [0.29, 0.717) is 19.9 Å². The molecule has 1 rings (SSSR count). The van der Waals surface area contributed by atoms with E-state index in [1.807, 2.05) is 0 Å². The minimum Gasteiger partial charge on any atom is -0.452 e. The third-order valence-corrected chi connectivity index (χ3v) is 4.50. The first-order valence-corrected chi connectivity index (χ1v) is 9.76. The number of ether oxygens (including phenoxy) is 1. The molecule has 0 unspecified atom stereocenters. The SMILES string of the molecule is CC(=O)Nc1cc(NC(C)=O)cc(OC(=C(C(F)(C(F)(F)F)C(F)(F)F)C(F)(C(F)(F)F)C(F)(F)F)C(F)(F)F)c1. The lowest BCUT2D eigenvalue weighted by Crippen LogP contribution is -2.67. The molecule has 0 spiro atoms. The van der Waals surface area contributed by atoms with Gasteiger partial charge in [-0.25, -0.2) is 8.78 Å². The Labute approximate surface area is 215 Å². The zero-order valence-corrected chi connectivity index (χ0v) is 19.4. The first-order valence-electron chi connectivity index (χ1n) is 9.76. The highest BCUT2D eigenvalue weighted by molar-refractivity contribution is 5.92. The van der Waals surface area contributed by atoms with E-state index in [1.54, 1.807) is 10.6 Å². The zero-order valence-electron chi connectivity index (χ0n) is 19.4. The van der Waals surface area contributed by atoms with Gasteiger partial charge in [-0.15, -0.1) is 0 Å². The maximum atomic E-state index is 14.8. The van der Waals surface area contributed by atoms with Gasteiger partial charge in [-0.3, -0.25) is 9.59 Å². The van der Waals surface area contributed by atoms with E-state index in [4.69, 9.17) is 0 Å². The van der Waals surface area contributed by atoms with Gasteiger partial charge < -0.3 is 15.4 Å². The second kappa shape index (κ2) is 10.7. The molecule has 0 atom stereocenters. The van der Waals surface area contributed by atoms with Gasteiger partial charge in [0.2, 0.25) is 17.6 Å². The average Bonchev–Trinajstić information content (AvgIpc) is 2.67. The summed E-state index contributed by atoms with van der Waals surface area (Å²) >= 11 is 0. The van der Waals surface area contributed by atoms with E-state index in [2.05, 4.69) is 4.74 Å². The molecule has 5 nitrogen and oxygen atoms in total. The minimum atomic E-state index is -8.35. The molecule has 0 bridgehead atoms. The van der Waals surface area contributed by atoms with Crippen molar-refractivity contribution >= 4 is 23.2 Å². The molecule has 0 fully saturated rings. The molecule has 2 amide bonds. The first-order chi connectivity index (χ1) is 17.9. The Bertz CT molecular complexity index is 1090. The van der Waals surface area contributed by atoms with Crippen LogP contribution in [0.4, 0.5) is 86.0 Å². The molecule has 0 aliphatic heterocycles. The van der Waals surface area contributed by atoms with Crippen molar-refractivity contribution in [1.82, 2.24) is 0 Å². The number of allylic oxidation sites excluding steroid dienone is 2. The summed E-state index contributed by atoms with van der Waals surface area (Å²) in [5.74, 6) is -8.92. The van der Waals surface area contributed by atoms with Crippen molar-refractivity contribution in [1.29, 1.82) is 0 Å². The predicted molar refractivity (Wildman–Crippen MR) is 101 cm³/mol. The van der Waals surface area contributed by atoms with Crippen molar-refractivity contribution in [2.75, 3.05) is 10.6 Å². The molecule has 0 radical (unpaired) electrons. The van der Waals surface area contributed by atoms with Crippen LogP contribution in [-0.2, 0) is 9.59 Å². The summed E-state index contributed by atoms with van der Waals surface area (Å²) in [6.07, 6.45) is -40.0. The van der Waals surface area contributed by atoms with Crippen molar-refractivity contribution in [2.24, 2.45) is 0 Å². The van der Waals surface area contributed by atoms with Crippen molar-refractivity contribution < 1.29 is 89.0 Å². The van der Waals surface area contributed by atoms with Gasteiger partial charge in [0.15, 0.2) is 0 Å². The fourth-order valence-electron chi connectivity index (χ4n) is 3.02. The lowest BCUT2D eigenvalue weighted by molar-refractivity contribution is -0.365. The Balaban J connectivity index is 4.55. The third kappa shape index (κ3) is 7.05. The van der Waals surface area contributed by atoms with Gasteiger partial charge in [-0.1, -0.05) is 0 Å². The lowest BCUT2D eigenvalue weighted by Gasteiger charge is -2.41. The molecule has 41 heavy (non-hydrogen) atoms. The number of rotatable bonds is 6. The molecule has 2 N–H and O–H groups in total. The van der Waals surface area contributed by atoms with Crippen LogP contribution in [0.25, 0.3) is 0 Å². The van der Waals surface area contributed by atoms with Crippen LogP contribution in [0, 0.1) is 0 Å². The normalized spacial score (nSPS) is 13.9. The molecule has 0 aromatic heterocycles. The van der Waals surface area contributed by atoms with Crippen LogP contribution in [0.5, 0.6) is 5.75 Å². The van der Waals surface area contributed by atoms with E-state index >= 15 is 0 Å². The number of benzene rings is 1. The van der Waals surface area contributed by atoms with Gasteiger partial charge >= 0.3 is 42.2 Å². The summed E-state index contributed by atoms with van der Waals surface area (Å²) in [6, 6.07) is 0.541. The molecule has 0 aliphatic rings. The average molecular weight is 638 g/mol. The Hall–Kier alpha value is -3.49. The van der Waals surface area contributed by atoms with Gasteiger partial charge in [0.05, 0.1) is 5.57 Å². The molecule has 0 saturated carbocycles. The zero-order chi connectivity index (χ0) is 32.8. The van der Waals surface area contributed by atoms with Crippen molar-refractivity contribution in [3.63, 3.8) is 0 Å². The molecule has 234 valence electrons. The summed E-state index contributed by atoms with van der Waals surface area (Å²) < 4.78 is 234. The Kier molecular flexibility index (Phi) is 9.30. The van der Waals surface area contributed by atoms with Crippen LogP contribution < -0.4 is 15.4 Å². The van der Waals surface area contributed by atoms with Gasteiger partial charge in [-0.2, -0.15) is 65.9 Å². The quantitative estimate of drug-likeness (QED) is 0.251. The highest BCUT2D eigenvalue weighted by atomic mass is 19.4. The maximum Gasteiger partial charge on any atom is 0.449 e. The van der Waals surface area contributed by atoms with E-state index in [9.17, 15) is 84.2 Å². The number of carbonyl (C=O) groups excluding carboxylic acids is 2. The van der Waals surface area contributed by atoms with Crippen LogP contribution in [0.3, 0.4) is 0 Å². The Morgan fingerprint density at radius 3 is 1.07 bits per heavy atom. The summed E-state index contributed by atoms with van der Waals surface area (Å²) in [6.45, 7) is 1.39. The number of amides is 2. The Morgan fingerprint density at radius 1 is 0.561 bits per heavy atom. The van der Waals surface area contributed by atoms with Gasteiger partial charge in [0, 0.05) is 37.4 Å². The molecule has 1 aromatic rings. The highest BCUT2D eigenvalue weighted by Gasteiger charge is 2.88. The smallest absolute Gasteiger partial charge is 0.449 e. The third-order valence-electron chi connectivity index (χ3n) is 4.50. The molecular formula is C19H11F17N2O3. The predicted octanol–water partition coefficient (Wildman–Crippen LogP) is 7.46. The fraction of sp³-hybridized carbons (Fsp3) is 0.474. The topological polar surface area (TPSA) is 67.4 Å². The number of alkyl halides is 17. The second-order valence-electron chi connectivity index (χ2n) is 7.72. The van der Waals surface area contributed by atoms with Crippen LogP contribution in [0.2, 0.25) is 0 Å². The standard InChI is InChI=1S/C19H11F17N2O3/c1-6(39)37-8-3-9(38-7(2)40)5-10(4-8)41-12(15(22,23)24)11(13(20,16(25,26)27)17(28,29)30)14(21,18(31,32)33)19(34,35)36/h3-5H,1-2H3,(H,37,39)(H,38,40). The maximum absolute atomic E-state index is 14.8. The van der Waals surface area contributed by atoms with Crippen molar-refractivity contribution in [3.05, 3.63) is 29.5 Å². The van der Waals surface area contributed by atoms with Gasteiger partial charge in [0.25, 0.3) is 0 Å². The summed E-state index contributed by atoms with van der Waals surface area (Å²) in [5.41, 5.74) is -24.1. The molecular weight excluding hydrogens is 627 g/mol. The van der Waals surface area contributed by atoms with Crippen LogP contribution >= 0.6 is 0 Å². The monoisotopic (exact) mass is 638 g/mol. The molecule has 1 aromatic carbocycles. The molecule has 0 saturated heterocycles. The lowest BCUT2D eigenvalue weighted by atomic mass is 9.79. The van der Waals surface area contributed by atoms with Crippen molar-refractivity contribution in [2.45, 2.75) is 56.1 Å². The number of carbonyl (C=O) groups is 2. The number of nitrogens with one attached hydrogen (secondary N) is 2. The Morgan fingerprint density at radius 2 is 0.854 bits per heavy atom. The van der Waals surface area contributed by atoms with Crippen LogP contribution in [0.1, 0.15) is 13.8 Å². The molecule has 22 heteroatoms. The minimum absolute atomic E-state index is 0.0295. The first kappa shape index (κ1) is 35.5. The number of hydrogen-bond acceptors (Lipinski definition) is 3. The van der Waals surface area contributed by atoms with Crippen LogP contribution in [-0.4, -0.2) is 54.0 Å². The van der Waals surface area contributed by atoms with E-state index in [0.717, 1.165) is 0 Å². The number of anilines is 2. The highest BCUT2D eigenvalue weighted by Crippen LogP contribution is 2.63. The van der Waals surface area contributed by atoms with E-state index in [-0.39, 0.29) is 12.1 Å². The number of hydrogen-bond donors (Lipinski definition) is 2. The summed E-state index contributed by atoms with van der Waals surface area (Å²) in [4.78, 5) is 22.4. The second-order valence-corrected chi connectivity index (χ2v) is 7.72. The fourth-order valence-corrected chi connectivity index (χ4v) is 3.02. The van der Waals surface area contributed by atoms with Gasteiger partial charge in [0.1, 0.15) is 5.75 Å². The van der Waals surface area contributed by atoms with E-state index < -0.39 is 82.5 Å². The summed E-state index contributed by atoms with van der Waals surface area (Å²) in [7, 11) is 0. The molecule has 0 aliphatic carbocycles. The molecule has 0 heterocycles. The van der Waals surface area contributed by atoms with Crippen LogP contribution in [0.15, 0.2) is 29.5 Å². The largest absolute Gasteiger partial charge is 0.452 e.